The van der Waals surface area contributed by atoms with Crippen LogP contribution in [0.2, 0.25) is 0 Å². The third kappa shape index (κ3) is 4.14. The average Bonchev–Trinajstić information content (AvgIpc) is 2.48. The zero-order valence-corrected chi connectivity index (χ0v) is 10.5. The van der Waals surface area contributed by atoms with Gasteiger partial charge in [0, 0.05) is 24.2 Å². The van der Waals surface area contributed by atoms with Gasteiger partial charge in [0.25, 0.3) is 0 Å². The SMILES string of the molecule is CC(C)n1ccc(CC(=O)CC(C)(C)N)n1. The van der Waals surface area contributed by atoms with Gasteiger partial charge in [-0.25, -0.2) is 0 Å². The van der Waals surface area contributed by atoms with E-state index < -0.39 is 5.54 Å². The second-order valence-electron chi connectivity index (χ2n) is 5.26. The molecule has 1 heterocycles. The number of carbonyl (C=O) groups excluding carboxylic acids is 1. The van der Waals surface area contributed by atoms with Crippen molar-refractivity contribution in [2.45, 2.75) is 52.1 Å². The van der Waals surface area contributed by atoms with Crippen molar-refractivity contribution in [3.8, 4) is 0 Å². The van der Waals surface area contributed by atoms with Crippen LogP contribution in [0.1, 0.15) is 45.9 Å². The van der Waals surface area contributed by atoms with Crippen LogP contribution in [0.25, 0.3) is 0 Å². The van der Waals surface area contributed by atoms with Crippen LogP contribution in [0.3, 0.4) is 0 Å². The lowest BCUT2D eigenvalue weighted by Crippen LogP contribution is -2.35. The lowest BCUT2D eigenvalue weighted by molar-refractivity contribution is -0.119. The number of Topliss-reactive ketones (excluding diaryl/α,β-unsaturated/α-hetero) is 1. The van der Waals surface area contributed by atoms with Crippen LogP contribution in [-0.4, -0.2) is 21.1 Å². The molecule has 16 heavy (non-hydrogen) atoms. The Kier molecular flexibility index (Phi) is 3.86. The molecule has 1 rings (SSSR count). The zero-order chi connectivity index (χ0) is 12.3. The van der Waals surface area contributed by atoms with E-state index >= 15 is 0 Å². The minimum Gasteiger partial charge on any atom is -0.325 e. The number of nitrogens with zero attached hydrogens (tertiary/aromatic N) is 2. The topological polar surface area (TPSA) is 60.9 Å². The Hall–Kier alpha value is -1.16. The third-order valence-corrected chi connectivity index (χ3v) is 2.22. The summed E-state index contributed by atoms with van der Waals surface area (Å²) < 4.78 is 1.86. The Morgan fingerprint density at radius 2 is 2.19 bits per heavy atom. The van der Waals surface area contributed by atoms with Gasteiger partial charge in [-0.15, -0.1) is 0 Å². The van der Waals surface area contributed by atoms with Crippen LogP contribution in [0.5, 0.6) is 0 Å². The summed E-state index contributed by atoms with van der Waals surface area (Å²) in [6, 6.07) is 2.22. The lowest BCUT2D eigenvalue weighted by atomic mass is 9.97. The van der Waals surface area contributed by atoms with Gasteiger partial charge in [-0.2, -0.15) is 5.10 Å². The number of carbonyl (C=O) groups is 1. The molecule has 1 aromatic rings. The van der Waals surface area contributed by atoms with Gasteiger partial charge in [-0.05, 0) is 33.8 Å². The molecule has 0 aliphatic carbocycles. The molecule has 0 unspecified atom stereocenters. The number of hydrogen-bond donors (Lipinski definition) is 1. The van der Waals surface area contributed by atoms with Gasteiger partial charge in [0.1, 0.15) is 5.78 Å². The van der Waals surface area contributed by atoms with Crippen molar-refractivity contribution < 1.29 is 4.79 Å². The zero-order valence-electron chi connectivity index (χ0n) is 10.5. The fourth-order valence-corrected chi connectivity index (χ4v) is 1.53. The van der Waals surface area contributed by atoms with Crippen molar-refractivity contribution >= 4 is 5.78 Å². The largest absolute Gasteiger partial charge is 0.325 e. The van der Waals surface area contributed by atoms with Crippen molar-refractivity contribution in [3.05, 3.63) is 18.0 Å². The van der Waals surface area contributed by atoms with Crippen molar-refractivity contribution in [2.24, 2.45) is 5.73 Å². The van der Waals surface area contributed by atoms with E-state index in [4.69, 9.17) is 5.73 Å². The Bertz CT molecular complexity index is 361. The van der Waals surface area contributed by atoms with Gasteiger partial charge in [-0.3, -0.25) is 9.48 Å². The summed E-state index contributed by atoms with van der Waals surface area (Å²) in [5.41, 5.74) is 6.19. The molecule has 0 saturated heterocycles. The van der Waals surface area contributed by atoms with Gasteiger partial charge in [0.15, 0.2) is 0 Å². The predicted molar refractivity (Wildman–Crippen MR) is 64.2 cm³/mol. The van der Waals surface area contributed by atoms with Gasteiger partial charge in [-0.1, -0.05) is 0 Å². The van der Waals surface area contributed by atoms with Crippen LogP contribution in [0.15, 0.2) is 12.3 Å². The molecule has 0 aliphatic rings. The molecule has 4 nitrogen and oxygen atoms in total. The van der Waals surface area contributed by atoms with E-state index in [1.165, 1.54) is 0 Å². The molecular weight excluding hydrogens is 202 g/mol. The van der Waals surface area contributed by atoms with E-state index in [2.05, 4.69) is 18.9 Å². The number of ketones is 1. The predicted octanol–water partition coefficient (Wildman–Crippen LogP) is 1.70. The molecule has 0 fully saturated rings. The van der Waals surface area contributed by atoms with Crippen LogP contribution < -0.4 is 5.73 Å². The highest BCUT2D eigenvalue weighted by Gasteiger charge is 2.17. The second-order valence-corrected chi connectivity index (χ2v) is 5.26. The molecule has 1 aromatic heterocycles. The fraction of sp³-hybridized carbons (Fsp3) is 0.667. The number of rotatable bonds is 5. The molecule has 0 radical (unpaired) electrons. The van der Waals surface area contributed by atoms with E-state index in [1.54, 1.807) is 0 Å². The Balaban J connectivity index is 2.57. The van der Waals surface area contributed by atoms with E-state index in [9.17, 15) is 4.79 Å². The maximum absolute atomic E-state index is 11.7. The monoisotopic (exact) mass is 223 g/mol. The molecule has 2 N–H and O–H groups in total. The number of hydrogen-bond acceptors (Lipinski definition) is 3. The van der Waals surface area contributed by atoms with Crippen molar-refractivity contribution in [3.63, 3.8) is 0 Å². The number of nitrogens with two attached hydrogens (primary N) is 1. The molecular formula is C12H21N3O. The van der Waals surface area contributed by atoms with Crippen molar-refractivity contribution in [1.29, 1.82) is 0 Å². The normalized spacial score (nSPS) is 12.1. The van der Waals surface area contributed by atoms with Gasteiger partial charge in [0.2, 0.25) is 0 Å². The molecule has 4 heteroatoms. The lowest BCUT2D eigenvalue weighted by Gasteiger charge is -2.16. The van der Waals surface area contributed by atoms with Crippen LogP contribution >= 0.6 is 0 Å². The molecule has 0 atom stereocenters. The highest BCUT2D eigenvalue weighted by molar-refractivity contribution is 5.81. The molecule has 0 aromatic carbocycles. The smallest absolute Gasteiger partial charge is 0.140 e. The third-order valence-electron chi connectivity index (χ3n) is 2.22. The highest BCUT2D eigenvalue weighted by Crippen LogP contribution is 2.09. The first-order chi connectivity index (χ1) is 7.28. The van der Waals surface area contributed by atoms with Crippen molar-refractivity contribution in [2.75, 3.05) is 0 Å². The summed E-state index contributed by atoms with van der Waals surface area (Å²) in [6.07, 6.45) is 2.67. The minimum atomic E-state index is -0.433. The summed E-state index contributed by atoms with van der Waals surface area (Å²) in [6.45, 7) is 7.83. The Morgan fingerprint density at radius 3 is 2.62 bits per heavy atom. The maximum Gasteiger partial charge on any atom is 0.140 e. The maximum atomic E-state index is 11.7. The highest BCUT2D eigenvalue weighted by atomic mass is 16.1. The van der Waals surface area contributed by atoms with Gasteiger partial charge in [0.05, 0.1) is 12.1 Å². The summed E-state index contributed by atoms with van der Waals surface area (Å²) in [7, 11) is 0. The van der Waals surface area contributed by atoms with Crippen LogP contribution in [0.4, 0.5) is 0 Å². The van der Waals surface area contributed by atoms with Crippen LogP contribution in [-0.2, 0) is 11.2 Å². The second kappa shape index (κ2) is 4.78. The standard InChI is InChI=1S/C12H21N3O/c1-9(2)15-6-5-10(14-15)7-11(16)8-12(3,4)13/h5-6,9H,7-8,13H2,1-4H3. The average molecular weight is 223 g/mol. The van der Waals surface area contributed by atoms with Gasteiger partial charge >= 0.3 is 0 Å². The summed E-state index contributed by atoms with van der Waals surface area (Å²) in [4.78, 5) is 11.7. The minimum absolute atomic E-state index is 0.140. The molecule has 0 amide bonds. The molecule has 90 valence electrons. The number of aromatic nitrogens is 2. The van der Waals surface area contributed by atoms with E-state index in [0.717, 1.165) is 5.69 Å². The van der Waals surface area contributed by atoms with E-state index in [0.29, 0.717) is 18.9 Å². The molecule has 0 bridgehead atoms. The Labute approximate surface area is 96.8 Å². The first-order valence-corrected chi connectivity index (χ1v) is 5.62. The quantitative estimate of drug-likeness (QED) is 0.826. The molecule has 0 saturated carbocycles. The first kappa shape index (κ1) is 12.9. The molecule has 0 spiro atoms. The Morgan fingerprint density at radius 1 is 1.56 bits per heavy atom. The van der Waals surface area contributed by atoms with Crippen molar-refractivity contribution in [1.82, 2.24) is 9.78 Å². The van der Waals surface area contributed by atoms with Crippen LogP contribution in [0, 0.1) is 0 Å². The van der Waals surface area contributed by atoms with E-state index in [1.807, 2.05) is 30.8 Å². The summed E-state index contributed by atoms with van der Waals surface area (Å²) in [5.74, 6) is 0.140. The first-order valence-electron chi connectivity index (χ1n) is 5.62. The summed E-state index contributed by atoms with van der Waals surface area (Å²) in [5, 5.41) is 4.33. The van der Waals surface area contributed by atoms with Gasteiger partial charge < -0.3 is 5.73 Å². The fourth-order valence-electron chi connectivity index (χ4n) is 1.53. The molecule has 0 aliphatic heterocycles. The summed E-state index contributed by atoms with van der Waals surface area (Å²) >= 11 is 0. The van der Waals surface area contributed by atoms with E-state index in [-0.39, 0.29) is 5.78 Å².